The van der Waals surface area contributed by atoms with Crippen LogP contribution in [-0.4, -0.2) is 38.7 Å². The second-order valence-corrected chi connectivity index (χ2v) is 7.49. The van der Waals surface area contributed by atoms with Crippen LogP contribution in [0.25, 0.3) is 5.53 Å². The Bertz CT molecular complexity index is 522. The zero-order valence-electron chi connectivity index (χ0n) is 9.28. The molecule has 0 N–H and O–H groups in total. The Balaban J connectivity index is 5.01. The predicted octanol–water partition coefficient (Wildman–Crippen LogP) is 0.244. The third kappa shape index (κ3) is 5.20. The van der Waals surface area contributed by atoms with Crippen LogP contribution >= 0.6 is 0 Å². The zero-order valence-corrected chi connectivity index (χ0v) is 10.9. The van der Waals surface area contributed by atoms with Gasteiger partial charge in [0.15, 0.2) is 9.84 Å². The highest BCUT2D eigenvalue weighted by atomic mass is 32.2. The second kappa shape index (κ2) is 5.38. The van der Waals surface area contributed by atoms with Crippen molar-refractivity contribution in [1.29, 1.82) is 0 Å². The third-order valence-corrected chi connectivity index (χ3v) is 4.08. The summed E-state index contributed by atoms with van der Waals surface area (Å²) < 4.78 is 44.6. The van der Waals surface area contributed by atoms with Crippen LogP contribution in [0.3, 0.4) is 0 Å². The molecule has 0 radical (unpaired) electrons. The maximum absolute atomic E-state index is 11.6. The van der Waals surface area contributed by atoms with Crippen molar-refractivity contribution in [2.45, 2.75) is 13.8 Å². The van der Waals surface area contributed by atoms with Crippen molar-refractivity contribution in [2.24, 2.45) is 5.92 Å². The van der Waals surface area contributed by atoms with Crippen LogP contribution in [0.1, 0.15) is 13.8 Å². The Morgan fingerprint density at radius 3 is 2.12 bits per heavy atom. The molecule has 0 bridgehead atoms. The largest absolute Gasteiger partial charge is 0.384 e. The van der Waals surface area contributed by atoms with Crippen LogP contribution in [0.2, 0.25) is 0 Å². The smallest absolute Gasteiger partial charge is 0.360 e. The molecule has 0 amide bonds. The average Bonchev–Trinajstić information content (AvgIpc) is 1.99. The molecule has 8 heteroatoms. The first-order chi connectivity index (χ1) is 7.10. The molecule has 0 aliphatic carbocycles. The van der Waals surface area contributed by atoms with Gasteiger partial charge in [0.2, 0.25) is 0 Å². The van der Waals surface area contributed by atoms with Crippen LogP contribution in [0.4, 0.5) is 0 Å². The van der Waals surface area contributed by atoms with E-state index in [0.717, 1.165) is 17.7 Å². The Kier molecular flexibility index (Phi) is 5.05. The lowest BCUT2D eigenvalue weighted by Crippen LogP contribution is -2.23. The summed E-state index contributed by atoms with van der Waals surface area (Å²) in [6.45, 7) is 3.12. The minimum Gasteiger partial charge on any atom is -0.360 e. The number of hydrogen-bond acceptors (Lipinski definition) is 4. The van der Waals surface area contributed by atoms with Gasteiger partial charge in [-0.05, 0) is 0 Å². The first-order valence-corrected chi connectivity index (χ1v) is 8.02. The fraction of sp³-hybridized carbons (Fsp3) is 0.625. The van der Waals surface area contributed by atoms with Gasteiger partial charge in [-0.2, -0.15) is 4.79 Å². The van der Waals surface area contributed by atoms with E-state index in [1.165, 1.54) is 0 Å². The van der Waals surface area contributed by atoms with E-state index < -0.39 is 31.3 Å². The maximum Gasteiger partial charge on any atom is 0.384 e. The van der Waals surface area contributed by atoms with Crippen molar-refractivity contribution in [3.63, 3.8) is 0 Å². The van der Waals surface area contributed by atoms with E-state index in [2.05, 4.69) is 4.79 Å². The van der Waals surface area contributed by atoms with Crippen molar-refractivity contribution in [3.8, 4) is 0 Å². The first kappa shape index (κ1) is 15.0. The highest BCUT2D eigenvalue weighted by molar-refractivity contribution is 8.06. The summed E-state index contributed by atoms with van der Waals surface area (Å²) in [7, 11) is -7.09. The molecular weight excluding hydrogens is 252 g/mol. The van der Waals surface area contributed by atoms with Crippen molar-refractivity contribution in [1.82, 2.24) is 0 Å². The quantitative estimate of drug-likeness (QED) is 0.314. The van der Waals surface area contributed by atoms with Gasteiger partial charge < -0.3 is 5.53 Å². The molecule has 0 aromatic rings. The molecule has 0 fully saturated rings. The third-order valence-electron chi connectivity index (χ3n) is 1.57. The van der Waals surface area contributed by atoms with Gasteiger partial charge in [-0.1, -0.05) is 19.9 Å². The SMILES string of the molecule is CC(C)C(=[N+]=[N-])S(=O)(=O)CC=CS(C)(=O)=O. The summed E-state index contributed by atoms with van der Waals surface area (Å²) in [5.41, 5.74) is 8.56. The van der Waals surface area contributed by atoms with Gasteiger partial charge in [-0.3, -0.25) is 0 Å². The highest BCUT2D eigenvalue weighted by Gasteiger charge is 2.29. The lowest BCUT2D eigenvalue weighted by Gasteiger charge is -1.98. The van der Waals surface area contributed by atoms with E-state index in [0.29, 0.717) is 0 Å². The van der Waals surface area contributed by atoms with Gasteiger partial charge in [0, 0.05) is 11.7 Å². The monoisotopic (exact) mass is 266 g/mol. The molecule has 0 heterocycles. The van der Waals surface area contributed by atoms with Gasteiger partial charge in [0.25, 0.3) is 9.84 Å². The molecule has 0 aromatic carbocycles. The van der Waals surface area contributed by atoms with Crippen LogP contribution < -0.4 is 0 Å². The molecule has 0 unspecified atom stereocenters. The minimum absolute atomic E-state index is 0.356. The molecule has 0 saturated carbocycles. The Hall–Kier alpha value is -0.980. The molecule has 0 atom stereocenters. The van der Waals surface area contributed by atoms with Crippen LogP contribution in [0, 0.1) is 5.92 Å². The Labute approximate surface area is 95.4 Å². The fourth-order valence-electron chi connectivity index (χ4n) is 0.963. The van der Waals surface area contributed by atoms with Gasteiger partial charge in [-0.15, -0.1) is 0 Å². The molecule has 16 heavy (non-hydrogen) atoms. The van der Waals surface area contributed by atoms with E-state index in [-0.39, 0.29) is 5.04 Å². The number of rotatable bonds is 4. The highest BCUT2D eigenvalue weighted by Crippen LogP contribution is 2.04. The van der Waals surface area contributed by atoms with E-state index in [1.807, 2.05) is 0 Å². The molecule has 0 spiro atoms. The molecule has 0 aliphatic heterocycles. The maximum atomic E-state index is 11.6. The summed E-state index contributed by atoms with van der Waals surface area (Å²) in [5.74, 6) is -0.959. The molecule has 0 aromatic heterocycles. The van der Waals surface area contributed by atoms with E-state index >= 15 is 0 Å². The number of hydrogen-bond donors (Lipinski definition) is 0. The molecule has 6 nitrogen and oxygen atoms in total. The molecule has 0 aliphatic rings. The zero-order chi connectivity index (χ0) is 13.0. The molecular formula is C8H14N2O4S2. The second-order valence-electron chi connectivity index (χ2n) is 3.58. The lowest BCUT2D eigenvalue weighted by atomic mass is 10.2. The molecule has 0 saturated heterocycles. The van der Waals surface area contributed by atoms with Crippen molar-refractivity contribution >= 4 is 24.7 Å². The normalized spacial score (nSPS) is 13.0. The van der Waals surface area contributed by atoms with E-state index in [9.17, 15) is 16.8 Å². The Morgan fingerprint density at radius 2 is 1.81 bits per heavy atom. The molecule has 92 valence electrons. The standard InChI is InChI=1S/C8H14N2O4S2/c1-7(2)8(10-9)16(13,14)6-4-5-15(3,11)12/h4-5,7H,6H2,1-3H3. The van der Waals surface area contributed by atoms with E-state index in [4.69, 9.17) is 5.53 Å². The van der Waals surface area contributed by atoms with E-state index in [1.54, 1.807) is 13.8 Å². The van der Waals surface area contributed by atoms with Crippen molar-refractivity contribution in [3.05, 3.63) is 17.0 Å². The van der Waals surface area contributed by atoms with Gasteiger partial charge in [0.05, 0.1) is 11.7 Å². The minimum atomic E-state index is -3.75. The van der Waals surface area contributed by atoms with Gasteiger partial charge >= 0.3 is 5.04 Å². The first-order valence-electron chi connectivity index (χ1n) is 4.41. The summed E-state index contributed by atoms with van der Waals surface area (Å²) in [6.07, 6.45) is 1.97. The average molecular weight is 266 g/mol. The van der Waals surface area contributed by atoms with Gasteiger partial charge in [-0.25, -0.2) is 16.8 Å². The summed E-state index contributed by atoms with van der Waals surface area (Å²) in [4.78, 5) is 2.72. The van der Waals surface area contributed by atoms with Crippen molar-refractivity contribution < 1.29 is 21.6 Å². The predicted molar refractivity (Wildman–Crippen MR) is 61.2 cm³/mol. The number of sulfone groups is 2. The summed E-state index contributed by atoms with van der Waals surface area (Å²) in [6, 6.07) is 0. The van der Waals surface area contributed by atoms with Crippen molar-refractivity contribution in [2.75, 3.05) is 12.0 Å². The summed E-state index contributed by atoms with van der Waals surface area (Å²) in [5, 5.41) is 0.450. The topological polar surface area (TPSA) is 105 Å². The number of nitrogens with zero attached hydrogens (tertiary/aromatic N) is 2. The summed E-state index contributed by atoms with van der Waals surface area (Å²) >= 11 is 0. The molecule has 0 rings (SSSR count). The van der Waals surface area contributed by atoms with Crippen LogP contribution in [0.15, 0.2) is 11.5 Å². The Morgan fingerprint density at radius 1 is 1.31 bits per heavy atom. The fourth-order valence-corrected chi connectivity index (χ4v) is 2.89. The van der Waals surface area contributed by atoms with Crippen LogP contribution in [-0.2, 0) is 19.7 Å². The lowest BCUT2D eigenvalue weighted by molar-refractivity contribution is -0.00632. The van der Waals surface area contributed by atoms with Gasteiger partial charge in [0.1, 0.15) is 0 Å². The van der Waals surface area contributed by atoms with Crippen LogP contribution in [0.5, 0.6) is 0 Å².